The fourth-order valence-electron chi connectivity index (χ4n) is 4.19. The predicted octanol–water partition coefficient (Wildman–Crippen LogP) is 6.12. The van der Waals surface area contributed by atoms with E-state index in [1.54, 1.807) is 7.11 Å². The number of rotatable bonds is 4. The minimum atomic E-state index is 0.804. The van der Waals surface area contributed by atoms with Gasteiger partial charge in [0.25, 0.3) is 0 Å². The third-order valence-corrected chi connectivity index (χ3v) is 5.58. The van der Waals surface area contributed by atoms with E-state index >= 15 is 0 Å². The molecule has 2 aromatic heterocycles. The summed E-state index contributed by atoms with van der Waals surface area (Å²) in [7, 11) is 1.71. The van der Waals surface area contributed by atoms with Crippen LogP contribution in [0.5, 0.6) is 5.75 Å². The summed E-state index contributed by atoms with van der Waals surface area (Å²) in [4.78, 5) is 0. The summed E-state index contributed by atoms with van der Waals surface area (Å²) in [5.74, 6) is 1.71. The standard InChI is InChI=1S/C25H22N2O2/c1-16-25(17(2)29-26-16)19-9-11-21-22-14-20(28-3)10-12-23(22)27(24(21)13-19)15-18-7-5-4-6-8-18/h4-14H,15H2,1-3H3. The second-order valence-corrected chi connectivity index (χ2v) is 7.39. The Morgan fingerprint density at radius 3 is 2.45 bits per heavy atom. The lowest BCUT2D eigenvalue weighted by atomic mass is 10.0. The Labute approximate surface area is 169 Å². The van der Waals surface area contributed by atoms with Crippen LogP contribution in [0.25, 0.3) is 32.9 Å². The molecule has 0 unspecified atom stereocenters. The van der Waals surface area contributed by atoms with Gasteiger partial charge in [0.2, 0.25) is 0 Å². The second kappa shape index (κ2) is 6.82. The molecule has 3 aromatic carbocycles. The summed E-state index contributed by atoms with van der Waals surface area (Å²) in [6.07, 6.45) is 0. The van der Waals surface area contributed by atoms with Crippen LogP contribution in [0.1, 0.15) is 17.0 Å². The highest BCUT2D eigenvalue weighted by atomic mass is 16.5. The quantitative estimate of drug-likeness (QED) is 0.376. The predicted molar refractivity (Wildman–Crippen MR) is 117 cm³/mol. The molecule has 0 fully saturated rings. The van der Waals surface area contributed by atoms with Crippen molar-refractivity contribution < 1.29 is 9.26 Å². The fraction of sp³-hybridized carbons (Fsp3) is 0.160. The number of hydrogen-bond donors (Lipinski definition) is 0. The first-order chi connectivity index (χ1) is 14.2. The molecule has 0 radical (unpaired) electrons. The molecule has 0 amide bonds. The molecule has 0 aliphatic heterocycles. The maximum Gasteiger partial charge on any atom is 0.141 e. The minimum Gasteiger partial charge on any atom is -0.497 e. The van der Waals surface area contributed by atoms with E-state index in [-0.39, 0.29) is 0 Å². The van der Waals surface area contributed by atoms with Crippen molar-refractivity contribution in [2.75, 3.05) is 7.11 Å². The van der Waals surface area contributed by atoms with Crippen molar-refractivity contribution in [1.82, 2.24) is 9.72 Å². The van der Waals surface area contributed by atoms with E-state index in [9.17, 15) is 0 Å². The third-order valence-electron chi connectivity index (χ3n) is 5.58. The zero-order valence-corrected chi connectivity index (χ0v) is 16.8. The Morgan fingerprint density at radius 2 is 1.72 bits per heavy atom. The SMILES string of the molecule is COc1ccc2c(c1)c1ccc(-c3c(C)noc3C)cc1n2Cc1ccccc1. The first kappa shape index (κ1) is 17.6. The van der Waals surface area contributed by atoms with Crippen LogP contribution in [0.3, 0.4) is 0 Å². The fourth-order valence-corrected chi connectivity index (χ4v) is 4.19. The summed E-state index contributed by atoms with van der Waals surface area (Å²) in [5, 5.41) is 6.54. The average Bonchev–Trinajstić information content (AvgIpc) is 3.24. The molecule has 5 aromatic rings. The molecule has 0 atom stereocenters. The lowest BCUT2D eigenvalue weighted by Crippen LogP contribution is -1.99. The van der Waals surface area contributed by atoms with Crippen molar-refractivity contribution in [3.8, 4) is 16.9 Å². The highest BCUT2D eigenvalue weighted by molar-refractivity contribution is 6.09. The number of methoxy groups -OCH3 is 1. The van der Waals surface area contributed by atoms with Gasteiger partial charge in [-0.15, -0.1) is 0 Å². The molecule has 4 nitrogen and oxygen atoms in total. The van der Waals surface area contributed by atoms with Crippen molar-refractivity contribution in [1.29, 1.82) is 0 Å². The summed E-state index contributed by atoms with van der Waals surface area (Å²) < 4.78 is 13.3. The number of benzene rings is 3. The van der Waals surface area contributed by atoms with Crippen LogP contribution in [-0.2, 0) is 6.54 Å². The molecule has 29 heavy (non-hydrogen) atoms. The monoisotopic (exact) mass is 382 g/mol. The van der Waals surface area contributed by atoms with E-state index < -0.39 is 0 Å². The van der Waals surface area contributed by atoms with E-state index in [0.29, 0.717) is 0 Å². The van der Waals surface area contributed by atoms with Gasteiger partial charge in [0.05, 0.1) is 18.3 Å². The van der Waals surface area contributed by atoms with E-state index in [2.05, 4.69) is 70.4 Å². The van der Waals surface area contributed by atoms with Gasteiger partial charge in [-0.1, -0.05) is 47.6 Å². The zero-order chi connectivity index (χ0) is 20.0. The Bertz CT molecular complexity index is 1310. The molecule has 0 bridgehead atoms. The Morgan fingerprint density at radius 1 is 0.897 bits per heavy atom. The van der Waals surface area contributed by atoms with Crippen LogP contribution >= 0.6 is 0 Å². The summed E-state index contributed by atoms with van der Waals surface area (Å²) in [6.45, 7) is 4.75. The maximum absolute atomic E-state index is 5.48. The minimum absolute atomic E-state index is 0.804. The normalized spacial score (nSPS) is 11.4. The lowest BCUT2D eigenvalue weighted by Gasteiger charge is -2.09. The van der Waals surface area contributed by atoms with E-state index in [1.165, 1.54) is 27.4 Å². The van der Waals surface area contributed by atoms with Crippen LogP contribution in [-0.4, -0.2) is 16.8 Å². The average molecular weight is 382 g/mol. The van der Waals surface area contributed by atoms with Crippen molar-refractivity contribution in [3.63, 3.8) is 0 Å². The lowest BCUT2D eigenvalue weighted by molar-refractivity contribution is 0.393. The number of aryl methyl sites for hydroxylation is 2. The molecule has 0 aliphatic rings. The van der Waals surface area contributed by atoms with Gasteiger partial charge in [0.1, 0.15) is 11.5 Å². The molecular formula is C25H22N2O2. The van der Waals surface area contributed by atoms with Crippen molar-refractivity contribution in [3.05, 3.63) is 83.7 Å². The van der Waals surface area contributed by atoms with Gasteiger partial charge >= 0.3 is 0 Å². The molecule has 0 saturated heterocycles. The Hall–Kier alpha value is -3.53. The van der Waals surface area contributed by atoms with Gasteiger partial charge in [-0.05, 0) is 49.2 Å². The molecule has 2 heterocycles. The number of aromatic nitrogens is 2. The first-order valence-corrected chi connectivity index (χ1v) is 9.73. The number of ether oxygens (including phenoxy) is 1. The topological polar surface area (TPSA) is 40.2 Å². The Balaban J connectivity index is 1.79. The molecule has 0 saturated carbocycles. The number of hydrogen-bond acceptors (Lipinski definition) is 3. The molecule has 0 spiro atoms. The van der Waals surface area contributed by atoms with Crippen molar-refractivity contribution in [2.45, 2.75) is 20.4 Å². The van der Waals surface area contributed by atoms with Crippen LogP contribution in [0.15, 0.2) is 71.3 Å². The molecule has 5 rings (SSSR count). The van der Waals surface area contributed by atoms with Gasteiger partial charge in [0, 0.05) is 28.4 Å². The third kappa shape index (κ3) is 2.88. The summed E-state index contributed by atoms with van der Waals surface area (Å²) in [6, 6.07) is 23.4. The van der Waals surface area contributed by atoms with Crippen molar-refractivity contribution >= 4 is 21.8 Å². The molecule has 144 valence electrons. The first-order valence-electron chi connectivity index (χ1n) is 9.73. The molecule has 0 N–H and O–H groups in total. The van der Waals surface area contributed by atoms with Gasteiger partial charge in [0.15, 0.2) is 0 Å². The summed E-state index contributed by atoms with van der Waals surface area (Å²) in [5.41, 5.74) is 6.76. The highest BCUT2D eigenvalue weighted by Gasteiger charge is 2.16. The van der Waals surface area contributed by atoms with E-state index in [0.717, 1.165) is 34.9 Å². The molecular weight excluding hydrogens is 360 g/mol. The molecule has 4 heteroatoms. The zero-order valence-electron chi connectivity index (χ0n) is 16.8. The van der Waals surface area contributed by atoms with E-state index in [1.807, 2.05) is 19.9 Å². The molecule has 0 aliphatic carbocycles. The Kier molecular flexibility index (Phi) is 4.13. The number of nitrogens with zero attached hydrogens (tertiary/aromatic N) is 2. The van der Waals surface area contributed by atoms with Crippen LogP contribution < -0.4 is 4.74 Å². The van der Waals surface area contributed by atoms with E-state index in [4.69, 9.17) is 9.26 Å². The summed E-state index contributed by atoms with van der Waals surface area (Å²) >= 11 is 0. The highest BCUT2D eigenvalue weighted by Crippen LogP contribution is 2.36. The van der Waals surface area contributed by atoms with Gasteiger partial charge in [-0.3, -0.25) is 0 Å². The van der Waals surface area contributed by atoms with Crippen LogP contribution in [0, 0.1) is 13.8 Å². The van der Waals surface area contributed by atoms with Crippen molar-refractivity contribution in [2.24, 2.45) is 0 Å². The van der Waals surface area contributed by atoms with Gasteiger partial charge in [-0.2, -0.15) is 0 Å². The van der Waals surface area contributed by atoms with Gasteiger partial charge in [-0.25, -0.2) is 0 Å². The van der Waals surface area contributed by atoms with Gasteiger partial charge < -0.3 is 13.8 Å². The smallest absolute Gasteiger partial charge is 0.141 e. The number of fused-ring (bicyclic) bond motifs is 3. The van der Waals surface area contributed by atoms with Crippen LogP contribution in [0.4, 0.5) is 0 Å². The second-order valence-electron chi connectivity index (χ2n) is 7.39. The maximum atomic E-state index is 5.48. The van der Waals surface area contributed by atoms with Crippen LogP contribution in [0.2, 0.25) is 0 Å². The largest absolute Gasteiger partial charge is 0.497 e.